The van der Waals surface area contributed by atoms with Gasteiger partial charge in [0.25, 0.3) is 5.91 Å². The summed E-state index contributed by atoms with van der Waals surface area (Å²) in [5, 5.41) is 31.9. The molecule has 4 rings (SSSR count). The molecular weight excluding hydrogens is 484 g/mol. The van der Waals surface area contributed by atoms with Crippen LogP contribution in [0.5, 0.6) is 5.75 Å². The molecule has 1 saturated heterocycles. The molecular formula is C29H36N4O5. The molecule has 1 amide bonds. The fourth-order valence-electron chi connectivity index (χ4n) is 5.65. The Hall–Kier alpha value is -3.56. The number of aromatic hydroxyl groups is 1. The number of aromatic nitrogens is 2. The second kappa shape index (κ2) is 11.4. The van der Waals surface area contributed by atoms with E-state index in [9.17, 15) is 19.8 Å². The van der Waals surface area contributed by atoms with Crippen molar-refractivity contribution in [2.45, 2.75) is 45.6 Å². The number of piperidine rings is 1. The van der Waals surface area contributed by atoms with E-state index in [1.165, 1.54) is 16.7 Å². The summed E-state index contributed by atoms with van der Waals surface area (Å²) in [5.74, 6) is -1.39. The van der Waals surface area contributed by atoms with E-state index < -0.39 is 24.0 Å². The molecule has 0 bridgehead atoms. The van der Waals surface area contributed by atoms with Crippen molar-refractivity contribution in [3.8, 4) is 5.75 Å². The van der Waals surface area contributed by atoms with Crippen molar-refractivity contribution in [1.82, 2.24) is 20.2 Å². The fourth-order valence-corrected chi connectivity index (χ4v) is 5.65. The van der Waals surface area contributed by atoms with E-state index in [1.54, 1.807) is 6.92 Å². The van der Waals surface area contributed by atoms with E-state index in [-0.39, 0.29) is 35.6 Å². The Balaban J connectivity index is 1.44. The van der Waals surface area contributed by atoms with Crippen LogP contribution in [0.25, 0.3) is 5.57 Å². The number of aryl methyl sites for hydroxylation is 1. The van der Waals surface area contributed by atoms with Crippen molar-refractivity contribution in [2.24, 2.45) is 11.8 Å². The first-order valence-corrected chi connectivity index (χ1v) is 13.0. The summed E-state index contributed by atoms with van der Waals surface area (Å²) in [5.41, 5.74) is 3.26. The predicted molar refractivity (Wildman–Crippen MR) is 144 cm³/mol. The van der Waals surface area contributed by atoms with Gasteiger partial charge in [0.2, 0.25) is 0 Å². The van der Waals surface area contributed by atoms with Gasteiger partial charge in [-0.1, -0.05) is 55.0 Å². The average molecular weight is 521 g/mol. The number of carboxylic acid groups (broad SMARTS) is 1. The summed E-state index contributed by atoms with van der Waals surface area (Å²) in [4.78, 5) is 34.2. The molecule has 2 aromatic rings. The zero-order chi connectivity index (χ0) is 27.4. The third kappa shape index (κ3) is 5.49. The first-order chi connectivity index (χ1) is 18.2. The van der Waals surface area contributed by atoms with Crippen LogP contribution < -0.4 is 5.32 Å². The van der Waals surface area contributed by atoms with Crippen LogP contribution in [0, 0.1) is 18.8 Å². The molecule has 0 radical (unpaired) electrons. The predicted octanol–water partition coefficient (Wildman–Crippen LogP) is 2.97. The summed E-state index contributed by atoms with van der Waals surface area (Å²) in [6.45, 7) is 7.02. The quantitative estimate of drug-likeness (QED) is 0.417. The van der Waals surface area contributed by atoms with Gasteiger partial charge in [-0.25, -0.2) is 9.97 Å². The maximum Gasteiger partial charge on any atom is 0.322 e. The van der Waals surface area contributed by atoms with Gasteiger partial charge in [0.15, 0.2) is 11.4 Å². The molecule has 0 saturated carbocycles. The molecule has 9 nitrogen and oxygen atoms in total. The number of hydrogen-bond donors (Lipinski definition) is 4. The Labute approximate surface area is 222 Å². The summed E-state index contributed by atoms with van der Waals surface area (Å²) >= 11 is 0. The van der Waals surface area contributed by atoms with Crippen molar-refractivity contribution in [1.29, 1.82) is 0 Å². The molecule has 0 spiro atoms. The smallest absolute Gasteiger partial charge is 0.322 e. The van der Waals surface area contributed by atoms with Gasteiger partial charge in [0, 0.05) is 12.3 Å². The molecule has 1 fully saturated rings. The number of allylic oxidation sites excluding steroid dienone is 2. The van der Waals surface area contributed by atoms with E-state index in [2.05, 4.69) is 58.3 Å². The van der Waals surface area contributed by atoms with Crippen molar-refractivity contribution in [3.63, 3.8) is 0 Å². The van der Waals surface area contributed by atoms with Crippen LogP contribution in [0.2, 0.25) is 0 Å². The second-order valence-corrected chi connectivity index (χ2v) is 10.3. The number of amides is 1. The maximum atomic E-state index is 12.4. The molecule has 4 N–H and O–H groups in total. The van der Waals surface area contributed by atoms with Crippen LogP contribution in [0.4, 0.5) is 0 Å². The van der Waals surface area contributed by atoms with Crippen LogP contribution in [0.3, 0.4) is 0 Å². The summed E-state index contributed by atoms with van der Waals surface area (Å²) in [7, 11) is 0. The zero-order valence-corrected chi connectivity index (χ0v) is 22.1. The number of aliphatic carboxylic acids is 1. The van der Waals surface area contributed by atoms with Gasteiger partial charge in [-0.05, 0) is 56.8 Å². The van der Waals surface area contributed by atoms with E-state index in [4.69, 9.17) is 5.11 Å². The highest BCUT2D eigenvalue weighted by atomic mass is 16.4. The van der Waals surface area contributed by atoms with Gasteiger partial charge in [-0.3, -0.25) is 14.5 Å². The van der Waals surface area contributed by atoms with Gasteiger partial charge in [-0.2, -0.15) is 0 Å². The van der Waals surface area contributed by atoms with Gasteiger partial charge < -0.3 is 20.6 Å². The van der Waals surface area contributed by atoms with Gasteiger partial charge in [0.05, 0.1) is 17.8 Å². The third-order valence-electron chi connectivity index (χ3n) is 8.10. The Morgan fingerprint density at radius 2 is 1.82 bits per heavy atom. The number of carboxylic acids is 1. The highest BCUT2D eigenvalue weighted by Gasteiger charge is 2.43. The molecule has 38 heavy (non-hydrogen) atoms. The number of rotatable bonds is 8. The van der Waals surface area contributed by atoms with E-state index in [1.807, 2.05) is 18.2 Å². The number of aliphatic hydroxyl groups is 1. The average Bonchev–Trinajstić information content (AvgIpc) is 2.92. The third-order valence-corrected chi connectivity index (χ3v) is 8.10. The number of likely N-dealkylation sites (tertiary alicyclic amines) is 1. The fraction of sp³-hybridized carbons (Fsp3) is 0.448. The lowest BCUT2D eigenvalue weighted by Crippen LogP contribution is -2.58. The number of nitrogens with one attached hydrogen (secondary N) is 1. The number of aliphatic hydroxyl groups excluding tert-OH is 1. The SMILES string of the molecule is CC1=C(c2ccccc2)C=CC(CO)(N2CCC(Cc3nc(C)c(O)c(C(=O)NCC(=O)O)n3)CC2)C1C. The molecule has 202 valence electrons. The van der Waals surface area contributed by atoms with Gasteiger partial charge in [-0.15, -0.1) is 0 Å². The highest BCUT2D eigenvalue weighted by molar-refractivity contribution is 5.96. The van der Waals surface area contributed by atoms with Crippen molar-refractivity contribution < 1.29 is 24.9 Å². The Kier molecular flexibility index (Phi) is 8.28. The Morgan fingerprint density at radius 1 is 1.13 bits per heavy atom. The molecule has 2 unspecified atom stereocenters. The second-order valence-electron chi connectivity index (χ2n) is 10.3. The first kappa shape index (κ1) is 27.5. The number of carbonyl (C=O) groups is 2. The molecule has 9 heteroatoms. The zero-order valence-electron chi connectivity index (χ0n) is 22.1. The highest BCUT2D eigenvalue weighted by Crippen LogP contribution is 2.42. The molecule has 2 aliphatic rings. The lowest BCUT2D eigenvalue weighted by Gasteiger charge is -2.50. The summed E-state index contributed by atoms with van der Waals surface area (Å²) < 4.78 is 0. The molecule has 1 aromatic heterocycles. The monoisotopic (exact) mass is 520 g/mol. The van der Waals surface area contributed by atoms with Crippen molar-refractivity contribution in [2.75, 3.05) is 26.2 Å². The largest absolute Gasteiger partial charge is 0.504 e. The molecule has 1 aliphatic carbocycles. The van der Waals surface area contributed by atoms with Crippen molar-refractivity contribution >= 4 is 17.4 Å². The van der Waals surface area contributed by atoms with E-state index in [0.29, 0.717) is 12.2 Å². The Morgan fingerprint density at radius 3 is 2.45 bits per heavy atom. The molecule has 2 atom stereocenters. The van der Waals surface area contributed by atoms with Crippen LogP contribution in [-0.4, -0.2) is 73.8 Å². The normalized spacial score (nSPS) is 22.5. The standard InChI is InChI=1S/C29H36N4O5/c1-18-19(2)29(17-34,12-9-23(18)22-7-5-4-6-8-22)33-13-10-21(11-14-33)15-24-31-20(3)27(37)26(32-24)28(38)30-16-25(35)36/h4-9,12,19,21,34,37H,10-11,13-17H2,1-3H3,(H,30,38)(H,35,36). The minimum atomic E-state index is -1.18. The van der Waals surface area contributed by atoms with Crippen LogP contribution in [0.1, 0.15) is 54.3 Å². The van der Waals surface area contributed by atoms with Crippen LogP contribution in [0.15, 0.2) is 48.1 Å². The summed E-state index contributed by atoms with van der Waals surface area (Å²) in [6, 6.07) is 10.3. The Bertz CT molecular complexity index is 1250. The van der Waals surface area contributed by atoms with Gasteiger partial charge in [0.1, 0.15) is 12.4 Å². The van der Waals surface area contributed by atoms with Crippen LogP contribution >= 0.6 is 0 Å². The maximum absolute atomic E-state index is 12.4. The molecule has 2 heterocycles. The lowest BCUT2D eigenvalue weighted by molar-refractivity contribution is -0.135. The number of hydrogen-bond acceptors (Lipinski definition) is 7. The molecule has 1 aromatic carbocycles. The molecule has 1 aliphatic heterocycles. The number of benzene rings is 1. The number of nitrogens with zero attached hydrogens (tertiary/aromatic N) is 3. The van der Waals surface area contributed by atoms with E-state index in [0.717, 1.165) is 25.9 Å². The van der Waals surface area contributed by atoms with Crippen molar-refractivity contribution in [3.05, 3.63) is 70.8 Å². The topological polar surface area (TPSA) is 136 Å². The van der Waals surface area contributed by atoms with Crippen LogP contribution in [-0.2, 0) is 11.2 Å². The minimum Gasteiger partial charge on any atom is -0.504 e. The minimum absolute atomic E-state index is 0.0316. The first-order valence-electron chi connectivity index (χ1n) is 13.0. The summed E-state index contributed by atoms with van der Waals surface area (Å²) in [6.07, 6.45) is 6.61. The number of carbonyl (C=O) groups excluding carboxylic acids is 1. The van der Waals surface area contributed by atoms with E-state index >= 15 is 0 Å². The lowest BCUT2D eigenvalue weighted by atomic mass is 9.72. The van der Waals surface area contributed by atoms with Gasteiger partial charge >= 0.3 is 5.97 Å².